The molecule has 1 heterocycles. The van der Waals surface area contributed by atoms with Crippen molar-refractivity contribution in [1.82, 2.24) is 10.2 Å². The largest absolute Gasteiger partial charge is 0.384 e. The van der Waals surface area contributed by atoms with Gasteiger partial charge in [0.25, 0.3) is 0 Å². The molecule has 1 aromatic heterocycles. The molecule has 20 heavy (non-hydrogen) atoms. The molecule has 0 aliphatic carbocycles. The lowest BCUT2D eigenvalue weighted by Crippen LogP contribution is -2.27. The van der Waals surface area contributed by atoms with Crippen LogP contribution in [0.1, 0.15) is 24.1 Å². The smallest absolute Gasteiger partial charge is 0.162 e. The normalized spacial score (nSPS) is 11.9. The van der Waals surface area contributed by atoms with E-state index in [-0.39, 0.29) is 17.7 Å². The number of hydrogen-bond donors (Lipinski definition) is 2. The Bertz CT molecular complexity index is 628. The second-order valence-electron chi connectivity index (χ2n) is 4.49. The summed E-state index contributed by atoms with van der Waals surface area (Å²) in [5.74, 6) is 0.0818. The molecule has 0 aliphatic heterocycles. The number of hydrogen-bond acceptors (Lipinski definition) is 4. The molecule has 0 aliphatic rings. The highest BCUT2D eigenvalue weighted by molar-refractivity contribution is 5.99. The van der Waals surface area contributed by atoms with Crippen molar-refractivity contribution in [3.05, 3.63) is 53.5 Å². The van der Waals surface area contributed by atoms with Gasteiger partial charge in [0.05, 0.1) is 17.8 Å². The Balaban J connectivity index is 2.39. The Morgan fingerprint density at radius 1 is 1.35 bits per heavy atom. The second-order valence-corrected chi connectivity index (χ2v) is 4.49. The Hall–Kier alpha value is -2.50. The summed E-state index contributed by atoms with van der Waals surface area (Å²) in [6.45, 7) is 1.86. The highest BCUT2D eigenvalue weighted by Gasteiger charge is 2.20. The van der Waals surface area contributed by atoms with Gasteiger partial charge in [0.2, 0.25) is 0 Å². The number of nitrogens with one attached hydrogen (secondary N) is 1. The highest BCUT2D eigenvalue weighted by Crippen LogP contribution is 2.27. The molecule has 104 valence electrons. The molecule has 0 bridgehead atoms. The van der Waals surface area contributed by atoms with Crippen LogP contribution in [0, 0.1) is 11.2 Å². The summed E-state index contributed by atoms with van der Waals surface area (Å²) in [6.07, 6.45) is 1.47. The van der Waals surface area contributed by atoms with Crippen LogP contribution in [0.15, 0.2) is 36.5 Å². The quantitative estimate of drug-likeness (QED) is 0.660. The summed E-state index contributed by atoms with van der Waals surface area (Å²) in [6, 6.07) is 7.93. The third-order valence-electron chi connectivity index (χ3n) is 3.26. The van der Waals surface area contributed by atoms with Gasteiger partial charge >= 0.3 is 0 Å². The number of aromatic nitrogens is 2. The average molecular weight is 273 g/mol. The van der Waals surface area contributed by atoms with Crippen LogP contribution < -0.4 is 10.6 Å². The Morgan fingerprint density at radius 3 is 2.70 bits per heavy atom. The van der Waals surface area contributed by atoms with Crippen molar-refractivity contribution in [3.63, 3.8) is 0 Å². The van der Waals surface area contributed by atoms with Gasteiger partial charge in [0.15, 0.2) is 5.82 Å². The SMILES string of the molecule is CC(c1ccccc1F)N(C)c1nnccc1C(=N)N. The Morgan fingerprint density at radius 2 is 2.05 bits per heavy atom. The van der Waals surface area contributed by atoms with E-state index >= 15 is 0 Å². The van der Waals surface area contributed by atoms with Crippen molar-refractivity contribution < 1.29 is 4.39 Å². The van der Waals surface area contributed by atoms with Crippen molar-refractivity contribution in [3.8, 4) is 0 Å². The zero-order valence-electron chi connectivity index (χ0n) is 11.3. The van der Waals surface area contributed by atoms with E-state index < -0.39 is 0 Å². The van der Waals surface area contributed by atoms with Gasteiger partial charge in [-0.15, -0.1) is 5.10 Å². The van der Waals surface area contributed by atoms with Gasteiger partial charge in [-0.05, 0) is 19.1 Å². The summed E-state index contributed by atoms with van der Waals surface area (Å²) < 4.78 is 13.8. The Kier molecular flexibility index (Phi) is 3.93. The van der Waals surface area contributed by atoms with Crippen molar-refractivity contribution in [2.75, 3.05) is 11.9 Å². The van der Waals surface area contributed by atoms with E-state index in [1.807, 2.05) is 6.92 Å². The molecule has 0 spiro atoms. The molecule has 1 aromatic carbocycles. The third kappa shape index (κ3) is 2.59. The van der Waals surface area contributed by atoms with Crippen LogP contribution >= 0.6 is 0 Å². The maximum absolute atomic E-state index is 13.8. The molecule has 0 saturated heterocycles. The molecular formula is C14H16FN5. The number of amidine groups is 1. The summed E-state index contributed by atoms with van der Waals surface area (Å²) >= 11 is 0. The minimum atomic E-state index is -0.278. The van der Waals surface area contributed by atoms with E-state index in [1.54, 1.807) is 36.2 Å². The fourth-order valence-corrected chi connectivity index (χ4v) is 2.00. The zero-order chi connectivity index (χ0) is 14.7. The molecule has 2 aromatic rings. The van der Waals surface area contributed by atoms with Gasteiger partial charge in [0, 0.05) is 12.6 Å². The fourth-order valence-electron chi connectivity index (χ4n) is 2.00. The number of benzene rings is 1. The fraction of sp³-hybridized carbons (Fsp3) is 0.214. The lowest BCUT2D eigenvalue weighted by molar-refractivity contribution is 0.583. The van der Waals surface area contributed by atoms with Crippen LogP contribution in [0.25, 0.3) is 0 Å². The monoisotopic (exact) mass is 273 g/mol. The van der Waals surface area contributed by atoms with Gasteiger partial charge in [0.1, 0.15) is 11.7 Å². The van der Waals surface area contributed by atoms with Crippen molar-refractivity contribution in [2.24, 2.45) is 5.73 Å². The first-order chi connectivity index (χ1) is 9.52. The van der Waals surface area contributed by atoms with E-state index in [0.717, 1.165) is 0 Å². The highest BCUT2D eigenvalue weighted by atomic mass is 19.1. The van der Waals surface area contributed by atoms with E-state index in [2.05, 4.69) is 10.2 Å². The van der Waals surface area contributed by atoms with Gasteiger partial charge in [-0.2, -0.15) is 5.10 Å². The van der Waals surface area contributed by atoms with Crippen LogP contribution in [0.5, 0.6) is 0 Å². The van der Waals surface area contributed by atoms with Crippen molar-refractivity contribution >= 4 is 11.7 Å². The first-order valence-corrected chi connectivity index (χ1v) is 6.15. The maximum Gasteiger partial charge on any atom is 0.162 e. The molecule has 0 fully saturated rings. The predicted molar refractivity (Wildman–Crippen MR) is 76.3 cm³/mol. The molecule has 6 heteroatoms. The second kappa shape index (κ2) is 5.64. The number of nitrogen functional groups attached to an aromatic ring is 1. The van der Waals surface area contributed by atoms with Gasteiger partial charge in [-0.3, -0.25) is 5.41 Å². The molecule has 1 atom stereocenters. The van der Waals surface area contributed by atoms with E-state index in [4.69, 9.17) is 11.1 Å². The molecule has 1 unspecified atom stereocenters. The lowest BCUT2D eigenvalue weighted by Gasteiger charge is -2.27. The topological polar surface area (TPSA) is 78.9 Å². The standard InChI is InChI=1S/C14H16FN5/c1-9(10-5-3-4-6-12(10)15)20(2)14-11(13(16)17)7-8-18-19-14/h3-9H,1-2H3,(H3,16,17). The van der Waals surface area contributed by atoms with E-state index in [1.165, 1.54) is 12.3 Å². The average Bonchev–Trinajstić information content (AvgIpc) is 2.46. The first kappa shape index (κ1) is 13.9. The third-order valence-corrected chi connectivity index (χ3v) is 3.26. The number of nitrogens with two attached hydrogens (primary N) is 1. The molecule has 0 radical (unpaired) electrons. The Labute approximate surface area is 116 Å². The minimum absolute atomic E-state index is 0.0949. The summed E-state index contributed by atoms with van der Waals surface area (Å²) in [5.41, 5.74) is 6.56. The first-order valence-electron chi connectivity index (χ1n) is 6.15. The van der Waals surface area contributed by atoms with Crippen molar-refractivity contribution in [2.45, 2.75) is 13.0 Å². The predicted octanol–water partition coefficient (Wildman–Crippen LogP) is 2.10. The summed E-state index contributed by atoms with van der Waals surface area (Å²) in [4.78, 5) is 1.75. The van der Waals surface area contributed by atoms with E-state index in [9.17, 15) is 4.39 Å². The molecule has 2 rings (SSSR count). The van der Waals surface area contributed by atoms with Crippen LogP contribution in [-0.4, -0.2) is 23.1 Å². The van der Waals surface area contributed by atoms with Gasteiger partial charge in [-0.25, -0.2) is 4.39 Å². The number of halogens is 1. The van der Waals surface area contributed by atoms with Gasteiger partial charge < -0.3 is 10.6 Å². The summed E-state index contributed by atoms with van der Waals surface area (Å²) in [7, 11) is 1.77. The van der Waals surface area contributed by atoms with Crippen LogP contribution in [0.2, 0.25) is 0 Å². The molecule has 0 amide bonds. The minimum Gasteiger partial charge on any atom is -0.384 e. The number of nitrogens with zero attached hydrogens (tertiary/aromatic N) is 3. The number of rotatable bonds is 4. The molecule has 5 nitrogen and oxygen atoms in total. The van der Waals surface area contributed by atoms with Crippen molar-refractivity contribution in [1.29, 1.82) is 5.41 Å². The van der Waals surface area contributed by atoms with Gasteiger partial charge in [-0.1, -0.05) is 18.2 Å². The summed E-state index contributed by atoms with van der Waals surface area (Å²) in [5, 5.41) is 15.4. The van der Waals surface area contributed by atoms with Crippen LogP contribution in [-0.2, 0) is 0 Å². The molecule has 3 N–H and O–H groups in total. The lowest BCUT2D eigenvalue weighted by atomic mass is 10.1. The van der Waals surface area contributed by atoms with Crippen LogP contribution in [0.3, 0.4) is 0 Å². The molecule has 0 saturated carbocycles. The maximum atomic E-state index is 13.8. The van der Waals surface area contributed by atoms with Crippen LogP contribution in [0.4, 0.5) is 10.2 Å². The van der Waals surface area contributed by atoms with E-state index in [0.29, 0.717) is 16.9 Å². The zero-order valence-corrected chi connectivity index (χ0v) is 11.3. The molecular weight excluding hydrogens is 257 g/mol. The number of anilines is 1.